The second-order valence-corrected chi connectivity index (χ2v) is 7.95. The van der Waals surface area contributed by atoms with E-state index in [0.717, 1.165) is 27.8 Å². The summed E-state index contributed by atoms with van der Waals surface area (Å²) in [4.78, 5) is 4.97. The number of rotatable bonds is 5. The lowest BCUT2D eigenvalue weighted by molar-refractivity contribution is 0.647. The Labute approximate surface area is 156 Å². The summed E-state index contributed by atoms with van der Waals surface area (Å²) in [6.45, 7) is 6.68. The normalized spacial score (nSPS) is 12.8. The molecule has 3 heterocycles. The molecular formula is C20H21N5S. The maximum Gasteiger partial charge on any atom is 0.234 e. The molecule has 4 rings (SSSR count). The molecular weight excluding hydrogens is 342 g/mol. The smallest absolute Gasteiger partial charge is 0.234 e. The number of pyridine rings is 1. The van der Waals surface area contributed by atoms with Gasteiger partial charge < -0.3 is 0 Å². The molecule has 0 radical (unpaired) electrons. The van der Waals surface area contributed by atoms with Crippen LogP contribution in [0.1, 0.15) is 42.8 Å². The summed E-state index contributed by atoms with van der Waals surface area (Å²) in [5.74, 6) is 1.62. The molecule has 6 heteroatoms. The average molecular weight is 363 g/mol. The number of aromatic nitrogens is 5. The second-order valence-electron chi connectivity index (χ2n) is 6.96. The van der Waals surface area contributed by atoms with Gasteiger partial charge in [-0.15, -0.1) is 10.2 Å². The zero-order valence-corrected chi connectivity index (χ0v) is 15.9. The van der Waals surface area contributed by atoms with Gasteiger partial charge in [0.15, 0.2) is 5.82 Å². The lowest BCUT2D eigenvalue weighted by atomic mass is 9.97. The number of hydrogen-bond donors (Lipinski definition) is 0. The van der Waals surface area contributed by atoms with Crippen molar-refractivity contribution in [1.82, 2.24) is 24.8 Å². The first-order valence-corrected chi connectivity index (χ1v) is 9.65. The molecule has 0 fully saturated rings. The van der Waals surface area contributed by atoms with Gasteiger partial charge in [0.1, 0.15) is 5.01 Å². The van der Waals surface area contributed by atoms with Crippen LogP contribution in [0, 0.1) is 5.92 Å². The predicted molar refractivity (Wildman–Crippen MR) is 104 cm³/mol. The Morgan fingerprint density at radius 3 is 2.54 bits per heavy atom. The van der Waals surface area contributed by atoms with Gasteiger partial charge in [-0.05, 0) is 35.6 Å². The summed E-state index contributed by atoms with van der Waals surface area (Å²) in [6, 6.07) is 12.8. The molecule has 0 N–H and O–H groups in total. The van der Waals surface area contributed by atoms with E-state index < -0.39 is 0 Å². The minimum atomic E-state index is 0.219. The van der Waals surface area contributed by atoms with Gasteiger partial charge in [-0.2, -0.15) is 9.61 Å². The molecule has 1 aromatic carbocycles. The van der Waals surface area contributed by atoms with E-state index >= 15 is 0 Å². The van der Waals surface area contributed by atoms with Crippen molar-refractivity contribution in [2.24, 2.45) is 5.92 Å². The van der Waals surface area contributed by atoms with Gasteiger partial charge in [-0.25, -0.2) is 0 Å². The van der Waals surface area contributed by atoms with Crippen LogP contribution in [0.15, 0.2) is 48.8 Å². The van der Waals surface area contributed by atoms with E-state index in [1.807, 2.05) is 16.6 Å². The molecule has 1 atom stereocenters. The highest BCUT2D eigenvalue weighted by molar-refractivity contribution is 7.16. The van der Waals surface area contributed by atoms with Crippen LogP contribution in [0.25, 0.3) is 16.3 Å². The summed E-state index contributed by atoms with van der Waals surface area (Å²) in [7, 11) is 0. The molecule has 5 nitrogen and oxygen atoms in total. The van der Waals surface area contributed by atoms with Crippen molar-refractivity contribution in [3.63, 3.8) is 0 Å². The molecule has 132 valence electrons. The van der Waals surface area contributed by atoms with Crippen LogP contribution in [-0.2, 0) is 6.42 Å². The molecule has 0 aliphatic carbocycles. The molecule has 0 amide bonds. The van der Waals surface area contributed by atoms with E-state index in [2.05, 4.69) is 60.2 Å². The van der Waals surface area contributed by atoms with Crippen LogP contribution >= 0.6 is 11.3 Å². The Morgan fingerprint density at radius 1 is 1.04 bits per heavy atom. The van der Waals surface area contributed by atoms with Crippen molar-refractivity contribution in [2.75, 3.05) is 0 Å². The summed E-state index contributed by atoms with van der Waals surface area (Å²) >= 11 is 1.59. The topological polar surface area (TPSA) is 56.0 Å². The number of hydrogen-bond acceptors (Lipinski definition) is 5. The van der Waals surface area contributed by atoms with E-state index in [1.165, 1.54) is 11.1 Å². The highest BCUT2D eigenvalue weighted by Crippen LogP contribution is 2.30. The van der Waals surface area contributed by atoms with Crippen molar-refractivity contribution < 1.29 is 0 Å². The molecule has 3 aromatic heterocycles. The van der Waals surface area contributed by atoms with Crippen LogP contribution in [0.2, 0.25) is 0 Å². The summed E-state index contributed by atoms with van der Waals surface area (Å²) in [6.07, 6.45) is 4.64. The van der Waals surface area contributed by atoms with Crippen LogP contribution in [0.5, 0.6) is 0 Å². The largest absolute Gasteiger partial charge is 0.264 e. The van der Waals surface area contributed by atoms with Crippen LogP contribution < -0.4 is 0 Å². The van der Waals surface area contributed by atoms with Crippen LogP contribution in [0.4, 0.5) is 0 Å². The van der Waals surface area contributed by atoms with Gasteiger partial charge in [0, 0.05) is 23.9 Å². The number of fused-ring (bicyclic) bond motifs is 1. The first-order chi connectivity index (χ1) is 12.6. The second kappa shape index (κ2) is 6.96. The van der Waals surface area contributed by atoms with E-state index in [4.69, 9.17) is 5.10 Å². The third-order valence-electron chi connectivity index (χ3n) is 4.42. The fraction of sp³-hybridized carbons (Fsp3) is 0.300. The van der Waals surface area contributed by atoms with Crippen molar-refractivity contribution in [1.29, 1.82) is 0 Å². The van der Waals surface area contributed by atoms with E-state index in [1.54, 1.807) is 23.7 Å². The van der Waals surface area contributed by atoms with E-state index in [9.17, 15) is 0 Å². The Bertz CT molecular complexity index is 1000. The first kappa shape index (κ1) is 16.8. The molecule has 0 saturated heterocycles. The van der Waals surface area contributed by atoms with E-state index in [0.29, 0.717) is 5.92 Å². The summed E-state index contributed by atoms with van der Waals surface area (Å²) < 4.78 is 1.82. The molecule has 1 unspecified atom stereocenters. The Balaban J connectivity index is 1.63. The maximum absolute atomic E-state index is 4.78. The first-order valence-electron chi connectivity index (χ1n) is 8.83. The highest BCUT2D eigenvalue weighted by Gasteiger charge is 2.18. The van der Waals surface area contributed by atoms with Gasteiger partial charge in [0.05, 0.1) is 0 Å². The quantitative estimate of drug-likeness (QED) is 0.520. The van der Waals surface area contributed by atoms with E-state index in [-0.39, 0.29) is 5.92 Å². The Hall–Kier alpha value is -2.60. The van der Waals surface area contributed by atoms with Crippen molar-refractivity contribution >= 4 is 16.3 Å². The number of benzene rings is 1. The molecule has 0 saturated carbocycles. The summed E-state index contributed by atoms with van der Waals surface area (Å²) in [5, 5.41) is 14.4. The molecule has 0 spiro atoms. The van der Waals surface area contributed by atoms with Gasteiger partial charge in [-0.3, -0.25) is 4.98 Å². The SMILES string of the molecule is CC(C)Cc1ccc(C(C)c2nn3c(-c4cccnc4)nnc3s2)cc1. The van der Waals surface area contributed by atoms with Gasteiger partial charge >= 0.3 is 0 Å². The Morgan fingerprint density at radius 2 is 1.85 bits per heavy atom. The lowest BCUT2D eigenvalue weighted by Gasteiger charge is -2.10. The fourth-order valence-corrected chi connectivity index (χ4v) is 3.96. The summed E-state index contributed by atoms with van der Waals surface area (Å²) in [5.41, 5.74) is 3.57. The number of nitrogens with zero attached hydrogens (tertiary/aromatic N) is 5. The molecule has 0 aliphatic heterocycles. The maximum atomic E-state index is 4.78. The molecule has 0 bridgehead atoms. The molecule has 0 aliphatic rings. The molecule has 4 aromatic rings. The fourth-order valence-electron chi connectivity index (χ4n) is 3.04. The van der Waals surface area contributed by atoms with Crippen molar-refractivity contribution in [2.45, 2.75) is 33.1 Å². The Kier molecular flexibility index (Phi) is 4.51. The van der Waals surface area contributed by atoms with Gasteiger partial charge in [0.25, 0.3) is 0 Å². The molecule has 26 heavy (non-hydrogen) atoms. The highest BCUT2D eigenvalue weighted by atomic mass is 32.1. The monoisotopic (exact) mass is 363 g/mol. The minimum absolute atomic E-state index is 0.219. The predicted octanol–water partition coefficient (Wildman–Crippen LogP) is 4.60. The lowest BCUT2D eigenvalue weighted by Crippen LogP contribution is -1.99. The van der Waals surface area contributed by atoms with Crippen LogP contribution in [-0.4, -0.2) is 24.8 Å². The third kappa shape index (κ3) is 3.24. The van der Waals surface area contributed by atoms with Crippen molar-refractivity contribution in [3.05, 3.63) is 64.9 Å². The third-order valence-corrected chi connectivity index (χ3v) is 5.50. The van der Waals surface area contributed by atoms with Gasteiger partial charge in [-0.1, -0.05) is 56.4 Å². The van der Waals surface area contributed by atoms with Crippen molar-refractivity contribution in [3.8, 4) is 11.4 Å². The zero-order valence-electron chi connectivity index (χ0n) is 15.1. The van der Waals surface area contributed by atoms with Crippen LogP contribution in [0.3, 0.4) is 0 Å². The zero-order chi connectivity index (χ0) is 18.1. The standard InChI is InChI=1S/C20H21N5S/c1-13(2)11-15-6-8-16(9-7-15)14(3)19-24-25-18(22-23-20(25)26-19)17-5-4-10-21-12-17/h4-10,12-14H,11H2,1-3H3. The minimum Gasteiger partial charge on any atom is -0.264 e. The average Bonchev–Trinajstić information content (AvgIpc) is 3.22. The van der Waals surface area contributed by atoms with Gasteiger partial charge in [0.2, 0.25) is 4.96 Å².